The van der Waals surface area contributed by atoms with Crippen molar-refractivity contribution in [2.24, 2.45) is 0 Å². The summed E-state index contributed by atoms with van der Waals surface area (Å²) < 4.78 is 26.8. The van der Waals surface area contributed by atoms with Crippen LogP contribution in [0.25, 0.3) is 0 Å². The van der Waals surface area contributed by atoms with Crippen LogP contribution in [0.1, 0.15) is 25.7 Å². The van der Waals surface area contributed by atoms with E-state index in [4.69, 9.17) is 5.11 Å². The van der Waals surface area contributed by atoms with Gasteiger partial charge in [0.15, 0.2) is 0 Å². The van der Waals surface area contributed by atoms with E-state index in [0.717, 1.165) is 16.9 Å². The van der Waals surface area contributed by atoms with Gasteiger partial charge in [-0.25, -0.2) is 13.2 Å². The minimum Gasteiger partial charge on any atom is -0.477 e. The molecule has 8 heteroatoms. The molecule has 0 saturated heterocycles. The predicted octanol–water partition coefficient (Wildman–Crippen LogP) is 2.56. The Kier molecular flexibility index (Phi) is 3.64. The van der Waals surface area contributed by atoms with Crippen LogP contribution in [0.4, 0.5) is 0 Å². The third-order valence-electron chi connectivity index (χ3n) is 3.46. The Bertz CT molecular complexity index is 803. The molecule has 0 bridgehead atoms. The van der Waals surface area contributed by atoms with Crippen molar-refractivity contribution in [2.45, 2.75) is 24.1 Å². The fourth-order valence-electron chi connectivity index (χ4n) is 2.35. The predicted molar refractivity (Wildman–Crippen MR) is 81.6 cm³/mol. The van der Waals surface area contributed by atoms with Crippen molar-refractivity contribution < 1.29 is 18.3 Å². The van der Waals surface area contributed by atoms with Crippen LogP contribution in [0, 0.1) is 6.92 Å². The number of fused-ring (bicyclic) bond motifs is 1. The van der Waals surface area contributed by atoms with Crippen LogP contribution in [0.3, 0.4) is 0 Å². The van der Waals surface area contributed by atoms with E-state index in [-0.39, 0.29) is 9.09 Å². The number of sulfonamides is 1. The Morgan fingerprint density at radius 2 is 2.19 bits per heavy atom. The number of hydrogen-bond acceptors (Lipinski definition) is 5. The number of carboxylic acid groups (broad SMARTS) is 1. The molecule has 0 spiro atoms. The monoisotopic (exact) mass is 343 g/mol. The first kappa shape index (κ1) is 14.7. The van der Waals surface area contributed by atoms with Crippen molar-refractivity contribution in [3.05, 3.63) is 38.4 Å². The van der Waals surface area contributed by atoms with E-state index in [0.29, 0.717) is 25.1 Å². The van der Waals surface area contributed by atoms with Crippen LogP contribution in [0.5, 0.6) is 0 Å². The maximum absolute atomic E-state index is 12.7. The van der Waals surface area contributed by atoms with Gasteiger partial charge >= 0.3 is 5.97 Å². The zero-order valence-electron chi connectivity index (χ0n) is 11.2. The summed E-state index contributed by atoms with van der Waals surface area (Å²) >= 11 is 2.47. The van der Waals surface area contributed by atoms with Gasteiger partial charge < -0.3 is 5.11 Å². The molecule has 0 aromatic carbocycles. The zero-order chi connectivity index (χ0) is 15.2. The second-order valence-corrected chi connectivity index (χ2v) is 9.06. The maximum atomic E-state index is 12.7. The highest BCUT2D eigenvalue weighted by Gasteiger charge is 2.31. The highest BCUT2D eigenvalue weighted by atomic mass is 32.2. The van der Waals surface area contributed by atoms with Crippen LogP contribution in [0.2, 0.25) is 0 Å². The molecule has 0 radical (unpaired) electrons. The molecule has 3 rings (SSSR count). The van der Waals surface area contributed by atoms with Gasteiger partial charge in [0.05, 0.1) is 0 Å². The summed E-state index contributed by atoms with van der Waals surface area (Å²) in [5.74, 6) is -1.09. The van der Waals surface area contributed by atoms with Gasteiger partial charge in [-0.1, -0.05) is 0 Å². The van der Waals surface area contributed by atoms with Crippen LogP contribution < -0.4 is 0 Å². The van der Waals surface area contributed by atoms with E-state index in [1.54, 1.807) is 18.3 Å². The standard InChI is InChI=1S/C13H13NO4S3/c1-8-6-11(20-12(8)13(15)16)21(17,18)14-4-2-10-9(7-14)3-5-19-10/h3,5-6H,2,4,7H2,1H3,(H,15,16). The van der Waals surface area contributed by atoms with Crippen LogP contribution in [0.15, 0.2) is 21.7 Å². The lowest BCUT2D eigenvalue weighted by Crippen LogP contribution is -2.34. The average molecular weight is 343 g/mol. The summed E-state index contributed by atoms with van der Waals surface area (Å²) in [5, 5.41) is 11.0. The van der Waals surface area contributed by atoms with Gasteiger partial charge in [0.2, 0.25) is 0 Å². The van der Waals surface area contributed by atoms with Crippen molar-refractivity contribution >= 4 is 38.7 Å². The number of carboxylic acids is 1. The minimum absolute atomic E-state index is 0.0850. The third-order valence-corrected chi connectivity index (χ3v) is 8.00. The number of thiophene rings is 2. The first-order valence-corrected chi connectivity index (χ1v) is 9.42. The summed E-state index contributed by atoms with van der Waals surface area (Å²) in [6.45, 7) is 2.42. The van der Waals surface area contributed by atoms with E-state index < -0.39 is 16.0 Å². The molecule has 0 atom stereocenters. The fraction of sp³-hybridized carbons (Fsp3) is 0.308. The fourth-order valence-corrected chi connectivity index (χ4v) is 6.19. The SMILES string of the molecule is Cc1cc(S(=O)(=O)N2CCc3sccc3C2)sc1C(=O)O. The van der Waals surface area contributed by atoms with Gasteiger partial charge in [-0.3, -0.25) is 0 Å². The first-order chi connectivity index (χ1) is 9.89. The molecule has 1 aliphatic heterocycles. The van der Waals surface area contributed by atoms with E-state index in [9.17, 15) is 13.2 Å². The highest BCUT2D eigenvalue weighted by Crippen LogP contribution is 2.32. The molecular formula is C13H13NO4S3. The Balaban J connectivity index is 1.95. The largest absolute Gasteiger partial charge is 0.477 e. The van der Waals surface area contributed by atoms with Crippen LogP contribution in [-0.4, -0.2) is 30.3 Å². The maximum Gasteiger partial charge on any atom is 0.346 e. The van der Waals surface area contributed by atoms with E-state index in [2.05, 4.69) is 0 Å². The van der Waals surface area contributed by atoms with E-state index >= 15 is 0 Å². The van der Waals surface area contributed by atoms with E-state index in [1.807, 2.05) is 11.4 Å². The van der Waals surface area contributed by atoms with Crippen molar-refractivity contribution in [1.82, 2.24) is 4.31 Å². The highest BCUT2D eigenvalue weighted by molar-refractivity contribution is 7.91. The second kappa shape index (κ2) is 5.20. The average Bonchev–Trinajstić information content (AvgIpc) is 3.03. The summed E-state index contributed by atoms with van der Waals surface area (Å²) in [4.78, 5) is 12.4. The number of hydrogen-bond donors (Lipinski definition) is 1. The summed E-state index contributed by atoms with van der Waals surface area (Å²) in [6, 6.07) is 3.40. The molecule has 1 N–H and O–H groups in total. The van der Waals surface area contributed by atoms with Gasteiger partial charge in [0.25, 0.3) is 10.0 Å². The molecule has 112 valence electrons. The Hall–Kier alpha value is -1.22. The molecule has 0 unspecified atom stereocenters. The Morgan fingerprint density at radius 1 is 1.43 bits per heavy atom. The molecule has 0 aliphatic carbocycles. The molecule has 1 aliphatic rings. The number of aromatic carboxylic acids is 1. The molecule has 2 aromatic heterocycles. The number of rotatable bonds is 3. The normalized spacial score (nSPS) is 15.9. The molecule has 0 fully saturated rings. The van der Waals surface area contributed by atoms with E-state index in [1.165, 1.54) is 15.2 Å². The lowest BCUT2D eigenvalue weighted by molar-refractivity contribution is 0.0701. The third kappa shape index (κ3) is 2.52. The van der Waals surface area contributed by atoms with Crippen LogP contribution in [-0.2, 0) is 23.0 Å². The van der Waals surface area contributed by atoms with Crippen molar-refractivity contribution in [3.8, 4) is 0 Å². The molecule has 0 amide bonds. The lowest BCUT2D eigenvalue weighted by Gasteiger charge is -2.25. The van der Waals surface area contributed by atoms with Crippen molar-refractivity contribution in [2.75, 3.05) is 6.54 Å². The molecule has 3 heterocycles. The topological polar surface area (TPSA) is 74.7 Å². The molecule has 2 aromatic rings. The molecule has 21 heavy (non-hydrogen) atoms. The minimum atomic E-state index is -3.62. The lowest BCUT2D eigenvalue weighted by atomic mass is 10.1. The molecular weight excluding hydrogens is 330 g/mol. The van der Waals surface area contributed by atoms with Crippen molar-refractivity contribution in [1.29, 1.82) is 0 Å². The summed E-state index contributed by atoms with van der Waals surface area (Å²) in [5.41, 5.74) is 1.53. The van der Waals surface area contributed by atoms with Gasteiger partial charge in [0, 0.05) is 18.0 Å². The smallest absolute Gasteiger partial charge is 0.346 e. The van der Waals surface area contributed by atoms with Gasteiger partial charge in [-0.15, -0.1) is 22.7 Å². The van der Waals surface area contributed by atoms with Gasteiger partial charge in [-0.05, 0) is 42.0 Å². The van der Waals surface area contributed by atoms with Gasteiger partial charge in [0.1, 0.15) is 9.09 Å². The first-order valence-electron chi connectivity index (χ1n) is 6.28. The second-order valence-electron chi connectivity index (χ2n) is 4.84. The number of nitrogens with zero attached hydrogens (tertiary/aromatic N) is 1. The number of aryl methyl sites for hydroxylation is 1. The van der Waals surface area contributed by atoms with Gasteiger partial charge in [-0.2, -0.15) is 4.31 Å². The van der Waals surface area contributed by atoms with Crippen molar-refractivity contribution in [3.63, 3.8) is 0 Å². The Morgan fingerprint density at radius 3 is 2.86 bits per heavy atom. The molecule has 5 nitrogen and oxygen atoms in total. The zero-order valence-corrected chi connectivity index (χ0v) is 13.6. The summed E-state index contributed by atoms with van der Waals surface area (Å²) in [7, 11) is -3.62. The Labute approximate surface area is 130 Å². The summed E-state index contributed by atoms with van der Waals surface area (Å²) in [6.07, 6.45) is 0.711. The number of carbonyl (C=O) groups is 1. The van der Waals surface area contributed by atoms with Crippen LogP contribution >= 0.6 is 22.7 Å². The molecule has 0 saturated carbocycles. The quantitative estimate of drug-likeness (QED) is 0.929.